The van der Waals surface area contributed by atoms with Crippen molar-refractivity contribution >= 4 is 0 Å². The van der Waals surface area contributed by atoms with Crippen LogP contribution in [-0.4, -0.2) is 20.8 Å². The van der Waals surface area contributed by atoms with Gasteiger partial charge in [0.25, 0.3) is 0 Å². The number of hydrogen-bond donors (Lipinski definition) is 2. The lowest BCUT2D eigenvalue weighted by molar-refractivity contribution is 0.142. The molecule has 74 valence electrons. The molecule has 0 aliphatic heterocycles. The van der Waals surface area contributed by atoms with Gasteiger partial charge in [0.2, 0.25) is 0 Å². The quantitative estimate of drug-likeness (QED) is 0.648. The molecule has 1 rings (SSSR count). The number of pyridine rings is 1. The van der Waals surface area contributed by atoms with Crippen molar-refractivity contribution in [2.75, 3.05) is 0 Å². The third kappa shape index (κ3) is 3.56. The minimum absolute atomic E-state index is 0.629. The number of rotatable bonds is 1. The van der Waals surface area contributed by atoms with Crippen LogP contribution in [0.4, 0.5) is 0 Å². The first-order valence-electron chi connectivity index (χ1n) is 4.32. The highest BCUT2D eigenvalue weighted by Gasteiger charge is 2.08. The van der Waals surface area contributed by atoms with Gasteiger partial charge in [0.15, 0.2) is 0 Å². The Bertz CT molecular complexity index is 343. The van der Waals surface area contributed by atoms with E-state index in [0.717, 1.165) is 0 Å². The molecular formula is C11H13NO2. The molecule has 0 aliphatic carbocycles. The van der Waals surface area contributed by atoms with Crippen LogP contribution in [0, 0.1) is 11.8 Å². The number of aromatic nitrogens is 1. The monoisotopic (exact) mass is 191 g/mol. The Morgan fingerprint density at radius 3 is 2.71 bits per heavy atom. The Kier molecular flexibility index (Phi) is 3.23. The minimum atomic E-state index is -1.08. The van der Waals surface area contributed by atoms with Crippen LogP contribution in [0.3, 0.4) is 0 Å². The van der Waals surface area contributed by atoms with Gasteiger partial charge in [0.05, 0.1) is 0 Å². The van der Waals surface area contributed by atoms with E-state index in [1.807, 2.05) is 0 Å². The molecule has 1 aromatic rings. The largest absolute Gasteiger partial charge is 0.378 e. The molecule has 0 amide bonds. The number of aliphatic hydroxyl groups is 2. The third-order valence-electron chi connectivity index (χ3n) is 1.51. The SMILES string of the molecule is CC(C)(O)C#C[C@@H](O)c1cccnc1. The average molecular weight is 191 g/mol. The first kappa shape index (κ1) is 10.7. The van der Waals surface area contributed by atoms with E-state index in [2.05, 4.69) is 16.8 Å². The summed E-state index contributed by atoms with van der Waals surface area (Å²) in [6.07, 6.45) is 2.28. The topological polar surface area (TPSA) is 53.4 Å². The first-order valence-corrected chi connectivity index (χ1v) is 4.32. The molecule has 0 saturated carbocycles. The van der Waals surface area contributed by atoms with Gasteiger partial charge in [-0.2, -0.15) is 0 Å². The van der Waals surface area contributed by atoms with E-state index < -0.39 is 11.7 Å². The normalized spacial score (nSPS) is 12.9. The predicted octanol–water partition coefficient (Wildman–Crippen LogP) is 0.889. The van der Waals surface area contributed by atoms with E-state index in [0.29, 0.717) is 5.56 Å². The molecule has 2 N–H and O–H groups in total. The number of aliphatic hydroxyl groups excluding tert-OH is 1. The number of nitrogens with zero attached hydrogens (tertiary/aromatic N) is 1. The highest BCUT2D eigenvalue weighted by Crippen LogP contribution is 2.09. The zero-order chi connectivity index (χ0) is 10.6. The Balaban J connectivity index is 2.76. The average Bonchev–Trinajstić information content (AvgIpc) is 2.14. The summed E-state index contributed by atoms with van der Waals surface area (Å²) < 4.78 is 0. The molecule has 0 saturated heterocycles. The summed E-state index contributed by atoms with van der Waals surface area (Å²) in [7, 11) is 0. The van der Waals surface area contributed by atoms with Crippen molar-refractivity contribution in [1.82, 2.24) is 4.98 Å². The fraction of sp³-hybridized carbons (Fsp3) is 0.364. The Hall–Kier alpha value is -1.37. The van der Waals surface area contributed by atoms with Gasteiger partial charge in [-0.3, -0.25) is 4.98 Å². The smallest absolute Gasteiger partial charge is 0.141 e. The molecule has 0 aliphatic rings. The summed E-state index contributed by atoms with van der Waals surface area (Å²) in [5.41, 5.74) is -0.451. The van der Waals surface area contributed by atoms with Crippen molar-refractivity contribution in [3.05, 3.63) is 30.1 Å². The second-order valence-corrected chi connectivity index (χ2v) is 3.52. The molecule has 0 spiro atoms. The summed E-state index contributed by atoms with van der Waals surface area (Å²) in [6.45, 7) is 3.13. The van der Waals surface area contributed by atoms with Crippen LogP contribution in [0.1, 0.15) is 25.5 Å². The molecule has 1 heterocycles. The maximum Gasteiger partial charge on any atom is 0.141 e. The lowest BCUT2D eigenvalue weighted by Crippen LogP contribution is -2.15. The lowest BCUT2D eigenvalue weighted by atomic mass is 10.1. The van der Waals surface area contributed by atoms with E-state index in [1.165, 1.54) is 0 Å². The molecule has 14 heavy (non-hydrogen) atoms. The highest BCUT2D eigenvalue weighted by molar-refractivity contribution is 5.23. The van der Waals surface area contributed by atoms with E-state index in [1.54, 1.807) is 38.4 Å². The van der Waals surface area contributed by atoms with Gasteiger partial charge in [0, 0.05) is 18.0 Å². The van der Waals surface area contributed by atoms with E-state index >= 15 is 0 Å². The third-order valence-corrected chi connectivity index (χ3v) is 1.51. The Labute approximate surface area is 83.4 Å². The van der Waals surface area contributed by atoms with Crippen molar-refractivity contribution in [3.63, 3.8) is 0 Å². The summed E-state index contributed by atoms with van der Waals surface area (Å²) in [5, 5.41) is 18.9. The van der Waals surface area contributed by atoms with Crippen molar-refractivity contribution < 1.29 is 10.2 Å². The van der Waals surface area contributed by atoms with E-state index in [-0.39, 0.29) is 0 Å². The molecule has 0 fully saturated rings. The van der Waals surface area contributed by atoms with Crippen LogP contribution in [0.25, 0.3) is 0 Å². The zero-order valence-electron chi connectivity index (χ0n) is 8.23. The molecular weight excluding hydrogens is 178 g/mol. The molecule has 3 heteroatoms. The molecule has 3 nitrogen and oxygen atoms in total. The van der Waals surface area contributed by atoms with Crippen molar-refractivity contribution in [3.8, 4) is 11.8 Å². The first-order chi connectivity index (χ1) is 6.49. The van der Waals surface area contributed by atoms with Gasteiger partial charge in [-0.15, -0.1) is 0 Å². The minimum Gasteiger partial charge on any atom is -0.378 e. The second kappa shape index (κ2) is 4.23. The molecule has 0 aromatic carbocycles. The van der Waals surface area contributed by atoms with Gasteiger partial charge in [0.1, 0.15) is 11.7 Å². The molecule has 0 bridgehead atoms. The van der Waals surface area contributed by atoms with Gasteiger partial charge in [-0.05, 0) is 19.9 Å². The lowest BCUT2D eigenvalue weighted by Gasteiger charge is -2.07. The van der Waals surface area contributed by atoms with Crippen LogP contribution >= 0.6 is 0 Å². The van der Waals surface area contributed by atoms with Crippen molar-refractivity contribution in [2.24, 2.45) is 0 Å². The van der Waals surface area contributed by atoms with Crippen LogP contribution in [0.2, 0.25) is 0 Å². The molecule has 1 atom stereocenters. The maximum atomic E-state index is 9.56. The fourth-order valence-corrected chi connectivity index (χ4v) is 0.866. The van der Waals surface area contributed by atoms with E-state index in [9.17, 15) is 10.2 Å². The standard InChI is InChI=1S/C11H13NO2/c1-11(2,14)6-5-10(13)9-4-3-7-12-8-9/h3-4,7-8,10,13-14H,1-2H3/t10-/m1/s1. The summed E-state index contributed by atoms with van der Waals surface area (Å²) >= 11 is 0. The van der Waals surface area contributed by atoms with Gasteiger partial charge in [-0.1, -0.05) is 17.9 Å². The zero-order valence-corrected chi connectivity index (χ0v) is 8.23. The summed E-state index contributed by atoms with van der Waals surface area (Å²) in [4.78, 5) is 3.86. The highest BCUT2D eigenvalue weighted by atomic mass is 16.3. The maximum absolute atomic E-state index is 9.56. The summed E-state index contributed by atoms with van der Waals surface area (Å²) in [5.74, 6) is 5.10. The molecule has 0 radical (unpaired) electrons. The van der Waals surface area contributed by atoms with Gasteiger partial charge >= 0.3 is 0 Å². The van der Waals surface area contributed by atoms with E-state index in [4.69, 9.17) is 0 Å². The van der Waals surface area contributed by atoms with Gasteiger partial charge in [-0.25, -0.2) is 0 Å². The van der Waals surface area contributed by atoms with Crippen LogP contribution < -0.4 is 0 Å². The second-order valence-electron chi connectivity index (χ2n) is 3.52. The Morgan fingerprint density at radius 2 is 2.21 bits per heavy atom. The number of hydrogen-bond acceptors (Lipinski definition) is 3. The van der Waals surface area contributed by atoms with Crippen LogP contribution in [0.5, 0.6) is 0 Å². The molecule has 1 aromatic heterocycles. The van der Waals surface area contributed by atoms with Crippen molar-refractivity contribution in [2.45, 2.75) is 25.6 Å². The Morgan fingerprint density at radius 1 is 1.50 bits per heavy atom. The van der Waals surface area contributed by atoms with Crippen molar-refractivity contribution in [1.29, 1.82) is 0 Å². The summed E-state index contributed by atoms with van der Waals surface area (Å²) in [6, 6.07) is 3.46. The molecule has 0 unspecified atom stereocenters. The van der Waals surface area contributed by atoms with Crippen LogP contribution in [-0.2, 0) is 0 Å². The predicted molar refractivity (Wildman–Crippen MR) is 53.3 cm³/mol. The fourth-order valence-electron chi connectivity index (χ4n) is 0.866. The van der Waals surface area contributed by atoms with Crippen LogP contribution in [0.15, 0.2) is 24.5 Å². The van der Waals surface area contributed by atoms with Gasteiger partial charge < -0.3 is 10.2 Å².